The monoisotopic (exact) mass is 368 g/mol. The molecule has 2 aromatic rings. The van der Waals surface area contributed by atoms with Crippen molar-refractivity contribution >= 4 is 40.7 Å². The SMILES string of the molecule is COc1cccc(-c2c(Cl)cc(NC(NC#N)SC)cc2Cl)n1. The molecular weight excluding hydrogens is 355 g/mol. The van der Waals surface area contributed by atoms with Crippen LogP contribution in [0.3, 0.4) is 0 Å². The lowest BCUT2D eigenvalue weighted by Crippen LogP contribution is -2.29. The molecule has 0 saturated heterocycles. The number of benzene rings is 1. The molecule has 1 atom stereocenters. The van der Waals surface area contributed by atoms with Crippen LogP contribution in [-0.2, 0) is 0 Å². The van der Waals surface area contributed by atoms with E-state index < -0.39 is 0 Å². The highest BCUT2D eigenvalue weighted by molar-refractivity contribution is 7.99. The molecule has 0 radical (unpaired) electrons. The molecule has 0 bridgehead atoms. The van der Waals surface area contributed by atoms with Gasteiger partial charge in [-0.25, -0.2) is 4.98 Å². The van der Waals surface area contributed by atoms with Gasteiger partial charge in [-0.2, -0.15) is 5.26 Å². The molecule has 1 unspecified atom stereocenters. The fourth-order valence-corrected chi connectivity index (χ4v) is 3.04. The molecule has 1 heterocycles. The van der Waals surface area contributed by atoms with Gasteiger partial charge in [0.15, 0.2) is 11.7 Å². The predicted octanol–water partition coefficient (Wildman–Crippen LogP) is 4.19. The summed E-state index contributed by atoms with van der Waals surface area (Å²) in [7, 11) is 1.55. The molecule has 23 heavy (non-hydrogen) atoms. The summed E-state index contributed by atoms with van der Waals surface area (Å²) in [5, 5.41) is 15.4. The number of nitriles is 1. The van der Waals surface area contributed by atoms with Crippen LogP contribution in [0.25, 0.3) is 11.3 Å². The largest absolute Gasteiger partial charge is 0.481 e. The Labute approximate surface area is 149 Å². The van der Waals surface area contributed by atoms with E-state index in [0.717, 1.165) is 0 Å². The molecule has 0 aliphatic heterocycles. The molecule has 1 aromatic heterocycles. The van der Waals surface area contributed by atoms with Gasteiger partial charge in [0.25, 0.3) is 0 Å². The van der Waals surface area contributed by atoms with Crippen LogP contribution in [0, 0.1) is 11.5 Å². The number of rotatable bonds is 6. The lowest BCUT2D eigenvalue weighted by atomic mass is 10.1. The third kappa shape index (κ3) is 4.35. The van der Waals surface area contributed by atoms with E-state index in [0.29, 0.717) is 32.9 Å². The molecule has 0 amide bonds. The Bertz CT molecular complexity index is 713. The van der Waals surface area contributed by atoms with Crippen LogP contribution in [0.5, 0.6) is 5.88 Å². The van der Waals surface area contributed by atoms with Crippen molar-refractivity contribution in [2.45, 2.75) is 5.50 Å². The maximum absolute atomic E-state index is 8.71. The molecular formula is C15H14Cl2N4OS. The minimum atomic E-state index is -0.270. The zero-order valence-corrected chi connectivity index (χ0v) is 14.8. The zero-order valence-electron chi connectivity index (χ0n) is 12.4. The summed E-state index contributed by atoms with van der Waals surface area (Å²) in [5.74, 6) is 0.484. The van der Waals surface area contributed by atoms with E-state index in [4.69, 9.17) is 33.2 Å². The molecule has 0 saturated carbocycles. The van der Waals surface area contributed by atoms with Crippen molar-refractivity contribution in [2.75, 3.05) is 18.7 Å². The Hall–Kier alpha value is -1.81. The molecule has 2 rings (SSSR count). The molecule has 2 N–H and O–H groups in total. The number of thioether (sulfide) groups is 1. The summed E-state index contributed by atoms with van der Waals surface area (Å²) in [5.41, 5.74) is 1.69. The van der Waals surface area contributed by atoms with Crippen molar-refractivity contribution in [1.82, 2.24) is 10.3 Å². The summed E-state index contributed by atoms with van der Waals surface area (Å²) in [4.78, 5) is 4.35. The fourth-order valence-electron chi connectivity index (χ4n) is 1.93. The number of aromatic nitrogens is 1. The molecule has 0 spiro atoms. The van der Waals surface area contributed by atoms with E-state index in [1.54, 1.807) is 25.3 Å². The van der Waals surface area contributed by atoms with Gasteiger partial charge in [0.1, 0.15) is 0 Å². The number of halogens is 2. The number of nitrogens with one attached hydrogen (secondary N) is 2. The quantitative estimate of drug-likeness (QED) is 0.452. The van der Waals surface area contributed by atoms with Crippen LogP contribution >= 0.6 is 35.0 Å². The molecule has 8 heteroatoms. The summed E-state index contributed by atoms with van der Waals surface area (Å²) >= 11 is 14.2. The van der Waals surface area contributed by atoms with Crippen molar-refractivity contribution in [3.8, 4) is 23.3 Å². The van der Waals surface area contributed by atoms with Crippen LogP contribution in [-0.4, -0.2) is 23.8 Å². The zero-order chi connectivity index (χ0) is 16.8. The molecule has 0 fully saturated rings. The highest BCUT2D eigenvalue weighted by Crippen LogP contribution is 2.37. The van der Waals surface area contributed by atoms with Crippen LogP contribution in [0.4, 0.5) is 5.69 Å². The van der Waals surface area contributed by atoms with Gasteiger partial charge in [0.05, 0.1) is 22.8 Å². The molecule has 1 aromatic carbocycles. The minimum absolute atomic E-state index is 0.270. The third-order valence-electron chi connectivity index (χ3n) is 2.96. The standard InChI is InChI=1S/C15H14Cl2N4OS/c1-22-13-5-3-4-12(21-13)14-10(16)6-9(7-11(14)17)20-15(23-2)19-8-18/h3-7,15,19-20H,1-2H3. The molecule has 5 nitrogen and oxygen atoms in total. The minimum Gasteiger partial charge on any atom is -0.481 e. The first-order valence-corrected chi connectivity index (χ1v) is 8.58. The molecule has 0 aliphatic rings. The first kappa shape index (κ1) is 17.5. The molecule has 120 valence electrons. The summed E-state index contributed by atoms with van der Waals surface area (Å²) in [6.07, 6.45) is 3.77. The topological polar surface area (TPSA) is 70.0 Å². The second-order valence-corrected chi connectivity index (χ2v) is 6.15. The maximum atomic E-state index is 8.71. The van der Waals surface area contributed by atoms with Gasteiger partial charge < -0.3 is 10.1 Å². The fraction of sp³-hybridized carbons (Fsp3) is 0.200. The van der Waals surface area contributed by atoms with Gasteiger partial charge in [0.2, 0.25) is 5.88 Å². The van der Waals surface area contributed by atoms with Crippen LogP contribution in [0.2, 0.25) is 10.0 Å². The van der Waals surface area contributed by atoms with Gasteiger partial charge in [-0.1, -0.05) is 29.3 Å². The van der Waals surface area contributed by atoms with Gasteiger partial charge in [-0.05, 0) is 24.5 Å². The Morgan fingerprint density at radius 2 is 2.00 bits per heavy atom. The van der Waals surface area contributed by atoms with Gasteiger partial charge in [0, 0.05) is 17.3 Å². The lowest BCUT2D eigenvalue weighted by molar-refractivity contribution is 0.398. The van der Waals surface area contributed by atoms with E-state index >= 15 is 0 Å². The van der Waals surface area contributed by atoms with Crippen molar-refractivity contribution < 1.29 is 4.74 Å². The van der Waals surface area contributed by atoms with Gasteiger partial charge >= 0.3 is 0 Å². The smallest absolute Gasteiger partial charge is 0.213 e. The number of pyridine rings is 1. The number of anilines is 1. The number of hydrogen-bond donors (Lipinski definition) is 2. The summed E-state index contributed by atoms with van der Waals surface area (Å²) in [6.45, 7) is 0. The van der Waals surface area contributed by atoms with Crippen molar-refractivity contribution in [3.63, 3.8) is 0 Å². The van der Waals surface area contributed by atoms with Crippen molar-refractivity contribution in [2.24, 2.45) is 0 Å². The van der Waals surface area contributed by atoms with Gasteiger partial charge in [-0.3, -0.25) is 5.32 Å². The Kier molecular flexibility index (Phi) is 6.22. The normalized spacial score (nSPS) is 11.4. The third-order valence-corrected chi connectivity index (χ3v) is 4.26. The van der Waals surface area contributed by atoms with E-state index in [-0.39, 0.29) is 5.50 Å². The average molecular weight is 369 g/mol. The van der Waals surface area contributed by atoms with E-state index in [9.17, 15) is 0 Å². The number of methoxy groups -OCH3 is 1. The van der Waals surface area contributed by atoms with Crippen LogP contribution in [0.1, 0.15) is 0 Å². The van der Waals surface area contributed by atoms with Crippen LogP contribution in [0.15, 0.2) is 30.3 Å². The highest BCUT2D eigenvalue weighted by atomic mass is 35.5. The lowest BCUT2D eigenvalue weighted by Gasteiger charge is -2.17. The van der Waals surface area contributed by atoms with Crippen molar-refractivity contribution in [3.05, 3.63) is 40.4 Å². The van der Waals surface area contributed by atoms with E-state index in [1.165, 1.54) is 11.8 Å². The molecule has 0 aliphatic carbocycles. The van der Waals surface area contributed by atoms with E-state index in [2.05, 4.69) is 15.6 Å². The number of nitrogens with zero attached hydrogens (tertiary/aromatic N) is 2. The number of ether oxygens (including phenoxy) is 1. The highest BCUT2D eigenvalue weighted by Gasteiger charge is 2.14. The van der Waals surface area contributed by atoms with Gasteiger partial charge in [-0.15, -0.1) is 11.8 Å². The second kappa shape index (κ2) is 8.16. The Balaban J connectivity index is 2.35. The van der Waals surface area contributed by atoms with Crippen molar-refractivity contribution in [1.29, 1.82) is 5.26 Å². The summed E-state index contributed by atoms with van der Waals surface area (Å²) < 4.78 is 5.12. The first-order chi connectivity index (χ1) is 11.1. The first-order valence-electron chi connectivity index (χ1n) is 6.53. The maximum Gasteiger partial charge on any atom is 0.213 e. The average Bonchev–Trinajstić information content (AvgIpc) is 2.54. The van der Waals surface area contributed by atoms with E-state index in [1.807, 2.05) is 24.6 Å². The summed E-state index contributed by atoms with van der Waals surface area (Å²) in [6, 6.07) is 8.86. The Morgan fingerprint density at radius 3 is 2.57 bits per heavy atom. The Morgan fingerprint density at radius 1 is 1.30 bits per heavy atom. The van der Waals surface area contributed by atoms with Crippen LogP contribution < -0.4 is 15.4 Å². The predicted molar refractivity (Wildman–Crippen MR) is 95.9 cm³/mol. The number of hydrogen-bond acceptors (Lipinski definition) is 6. The second-order valence-electron chi connectivity index (χ2n) is 4.40.